The number of H-pyrrole nitrogens is 1. The van der Waals surface area contributed by atoms with E-state index in [-0.39, 0.29) is 31.2 Å². The van der Waals surface area contributed by atoms with Crippen molar-refractivity contribution in [2.24, 2.45) is 0 Å². The number of aromatic nitrogens is 2. The standard InChI is InChI=1S/C21H23FN6O3/c22-16-10-15-13(11-28(21(15)31)17-1-2-19(29)24-20(17)30)9-18(16)27-7-5-26(6-8-27)12-14-3-4-23-25-14/h3-4,9-10,17H,1-2,5-8,11-12H2,(H,23,25)(H,24,29,30). The normalized spacial score (nSPS) is 22.1. The maximum Gasteiger partial charge on any atom is 0.255 e. The Morgan fingerprint density at radius 1 is 1.13 bits per heavy atom. The van der Waals surface area contributed by atoms with Crippen molar-refractivity contribution in [1.82, 2.24) is 25.3 Å². The largest absolute Gasteiger partial charge is 0.367 e. The summed E-state index contributed by atoms with van der Waals surface area (Å²) in [5.41, 5.74) is 2.54. The highest BCUT2D eigenvalue weighted by Crippen LogP contribution is 2.33. The summed E-state index contributed by atoms with van der Waals surface area (Å²) in [4.78, 5) is 42.2. The zero-order valence-electron chi connectivity index (χ0n) is 16.9. The van der Waals surface area contributed by atoms with E-state index in [0.29, 0.717) is 29.9 Å². The lowest BCUT2D eigenvalue weighted by molar-refractivity contribution is -0.136. The van der Waals surface area contributed by atoms with Gasteiger partial charge in [-0.3, -0.25) is 29.7 Å². The van der Waals surface area contributed by atoms with Crippen LogP contribution in [0.2, 0.25) is 0 Å². The Bertz CT molecular complexity index is 1030. The minimum atomic E-state index is -0.699. The molecule has 162 valence electrons. The van der Waals surface area contributed by atoms with Gasteiger partial charge in [0.15, 0.2) is 0 Å². The summed E-state index contributed by atoms with van der Waals surface area (Å²) in [5, 5.41) is 9.20. The first kappa shape index (κ1) is 19.7. The SMILES string of the molecule is O=C1CCC(N2Cc3cc(N4CCN(Cc5ccn[nH]5)CC4)c(F)cc3C2=O)C(=O)N1. The molecular formula is C21H23FN6O3. The van der Waals surface area contributed by atoms with E-state index in [0.717, 1.165) is 25.3 Å². The third-order valence-corrected chi connectivity index (χ3v) is 6.26. The Morgan fingerprint density at radius 2 is 1.94 bits per heavy atom. The predicted molar refractivity (Wildman–Crippen MR) is 109 cm³/mol. The van der Waals surface area contributed by atoms with Gasteiger partial charge in [-0.25, -0.2) is 4.39 Å². The fourth-order valence-electron chi connectivity index (χ4n) is 4.58. The number of piperidine rings is 1. The van der Waals surface area contributed by atoms with Crippen molar-refractivity contribution in [1.29, 1.82) is 0 Å². The fraction of sp³-hybridized carbons (Fsp3) is 0.429. The van der Waals surface area contributed by atoms with Gasteiger partial charge in [0.2, 0.25) is 11.8 Å². The van der Waals surface area contributed by atoms with Crippen LogP contribution in [-0.2, 0) is 22.7 Å². The second kappa shape index (κ2) is 7.77. The predicted octanol–water partition coefficient (Wildman–Crippen LogP) is 0.632. The number of hydrogen-bond acceptors (Lipinski definition) is 6. The number of fused-ring (bicyclic) bond motifs is 1. The molecule has 2 fully saturated rings. The quantitative estimate of drug-likeness (QED) is 0.696. The Balaban J connectivity index is 1.29. The molecule has 9 nitrogen and oxygen atoms in total. The van der Waals surface area contributed by atoms with E-state index < -0.39 is 17.8 Å². The first-order valence-electron chi connectivity index (χ1n) is 10.4. The molecule has 3 aliphatic heterocycles. The number of amides is 3. The van der Waals surface area contributed by atoms with Crippen LogP contribution in [0, 0.1) is 5.82 Å². The first-order chi connectivity index (χ1) is 15.0. The summed E-state index contributed by atoms with van der Waals surface area (Å²) in [6.45, 7) is 3.94. The minimum absolute atomic E-state index is 0.193. The molecule has 0 aliphatic carbocycles. The number of carbonyl (C=O) groups excluding carboxylic acids is 3. The van der Waals surface area contributed by atoms with Crippen molar-refractivity contribution in [2.75, 3.05) is 31.1 Å². The van der Waals surface area contributed by atoms with Crippen LogP contribution < -0.4 is 10.2 Å². The van der Waals surface area contributed by atoms with Crippen molar-refractivity contribution in [3.8, 4) is 0 Å². The van der Waals surface area contributed by atoms with E-state index in [9.17, 15) is 18.8 Å². The van der Waals surface area contributed by atoms with Crippen LogP contribution in [0.3, 0.4) is 0 Å². The van der Waals surface area contributed by atoms with Crippen molar-refractivity contribution in [3.05, 3.63) is 47.0 Å². The molecule has 0 radical (unpaired) electrons. The molecule has 5 rings (SSSR count). The number of rotatable bonds is 4. The summed E-state index contributed by atoms with van der Waals surface area (Å²) in [6, 6.07) is 4.27. The number of hydrogen-bond donors (Lipinski definition) is 2. The molecular weight excluding hydrogens is 403 g/mol. The molecule has 1 aromatic heterocycles. The van der Waals surface area contributed by atoms with E-state index in [4.69, 9.17) is 0 Å². The maximum absolute atomic E-state index is 14.9. The van der Waals surface area contributed by atoms with Crippen molar-refractivity contribution in [2.45, 2.75) is 32.0 Å². The molecule has 0 saturated carbocycles. The van der Waals surface area contributed by atoms with Gasteiger partial charge < -0.3 is 9.80 Å². The van der Waals surface area contributed by atoms with Gasteiger partial charge in [0, 0.05) is 63.1 Å². The summed E-state index contributed by atoms with van der Waals surface area (Å²) < 4.78 is 14.9. The molecule has 10 heteroatoms. The number of imide groups is 1. The third kappa shape index (κ3) is 3.67. The molecule has 0 spiro atoms. The van der Waals surface area contributed by atoms with Gasteiger partial charge in [-0.15, -0.1) is 0 Å². The van der Waals surface area contributed by atoms with Crippen LogP contribution in [-0.4, -0.2) is 69.9 Å². The molecule has 2 N–H and O–H groups in total. The van der Waals surface area contributed by atoms with E-state index >= 15 is 0 Å². The summed E-state index contributed by atoms with van der Waals surface area (Å²) in [6.07, 6.45) is 2.21. The maximum atomic E-state index is 14.9. The zero-order valence-corrected chi connectivity index (χ0v) is 16.9. The van der Waals surface area contributed by atoms with Gasteiger partial charge in [0.25, 0.3) is 5.91 Å². The molecule has 31 heavy (non-hydrogen) atoms. The van der Waals surface area contributed by atoms with Gasteiger partial charge >= 0.3 is 0 Å². The second-order valence-corrected chi connectivity index (χ2v) is 8.21. The average molecular weight is 426 g/mol. The van der Waals surface area contributed by atoms with Crippen molar-refractivity contribution < 1.29 is 18.8 Å². The van der Waals surface area contributed by atoms with Crippen molar-refractivity contribution >= 4 is 23.4 Å². The van der Waals surface area contributed by atoms with Gasteiger partial charge in [-0.05, 0) is 30.2 Å². The molecule has 1 atom stereocenters. The van der Waals surface area contributed by atoms with Crippen LogP contribution in [0.5, 0.6) is 0 Å². The first-order valence-corrected chi connectivity index (χ1v) is 10.4. The van der Waals surface area contributed by atoms with Crippen LogP contribution >= 0.6 is 0 Å². The van der Waals surface area contributed by atoms with Gasteiger partial charge in [0.1, 0.15) is 11.9 Å². The number of aromatic amines is 1. The number of nitrogens with one attached hydrogen (secondary N) is 2. The van der Waals surface area contributed by atoms with Crippen LogP contribution in [0.15, 0.2) is 24.4 Å². The van der Waals surface area contributed by atoms with Crippen LogP contribution in [0.1, 0.15) is 34.5 Å². The summed E-state index contributed by atoms with van der Waals surface area (Å²) >= 11 is 0. The van der Waals surface area contributed by atoms with Crippen LogP contribution in [0.4, 0.5) is 10.1 Å². The molecule has 1 unspecified atom stereocenters. The summed E-state index contributed by atoms with van der Waals surface area (Å²) in [7, 11) is 0. The minimum Gasteiger partial charge on any atom is -0.367 e. The van der Waals surface area contributed by atoms with E-state index in [2.05, 4.69) is 20.4 Å². The number of nitrogens with zero attached hydrogens (tertiary/aromatic N) is 4. The lowest BCUT2D eigenvalue weighted by Crippen LogP contribution is -2.52. The lowest BCUT2D eigenvalue weighted by atomic mass is 10.0. The molecule has 3 amide bonds. The Hall–Kier alpha value is -3.27. The molecule has 3 aliphatic rings. The molecule has 4 heterocycles. The molecule has 2 saturated heterocycles. The van der Waals surface area contributed by atoms with E-state index in [1.165, 1.54) is 11.0 Å². The fourth-order valence-corrected chi connectivity index (χ4v) is 4.58. The van der Waals surface area contributed by atoms with Gasteiger partial charge in [-0.2, -0.15) is 5.10 Å². The van der Waals surface area contributed by atoms with E-state index in [1.807, 2.05) is 11.0 Å². The topological polar surface area (TPSA) is 102 Å². The Kier molecular flexibility index (Phi) is 4.93. The highest BCUT2D eigenvalue weighted by Gasteiger charge is 2.39. The molecule has 0 bridgehead atoms. The van der Waals surface area contributed by atoms with Crippen molar-refractivity contribution in [3.63, 3.8) is 0 Å². The zero-order chi connectivity index (χ0) is 21.5. The monoisotopic (exact) mass is 426 g/mol. The third-order valence-electron chi connectivity index (χ3n) is 6.26. The Morgan fingerprint density at radius 3 is 2.65 bits per heavy atom. The average Bonchev–Trinajstić information content (AvgIpc) is 3.37. The number of anilines is 1. The molecule has 1 aromatic carbocycles. The second-order valence-electron chi connectivity index (χ2n) is 8.21. The van der Waals surface area contributed by atoms with E-state index in [1.54, 1.807) is 12.3 Å². The van der Waals surface area contributed by atoms with Crippen LogP contribution in [0.25, 0.3) is 0 Å². The lowest BCUT2D eigenvalue weighted by Gasteiger charge is -2.36. The smallest absolute Gasteiger partial charge is 0.255 e. The number of carbonyl (C=O) groups is 3. The Labute approximate surface area is 178 Å². The summed E-state index contributed by atoms with van der Waals surface area (Å²) in [5.74, 6) is -1.59. The number of halogens is 1. The number of piperazine rings is 1. The molecule has 2 aromatic rings. The van der Waals surface area contributed by atoms with Gasteiger partial charge in [0.05, 0.1) is 5.69 Å². The van der Waals surface area contributed by atoms with Gasteiger partial charge in [-0.1, -0.05) is 0 Å². The number of benzene rings is 1. The highest BCUT2D eigenvalue weighted by atomic mass is 19.1. The highest BCUT2D eigenvalue weighted by molar-refractivity contribution is 6.05.